The number of esters is 1. The molecule has 0 aromatic carbocycles. The zero-order valence-electron chi connectivity index (χ0n) is 7.46. The fourth-order valence-electron chi connectivity index (χ4n) is 1.08. The Morgan fingerprint density at radius 2 is 2.08 bits per heavy atom. The van der Waals surface area contributed by atoms with Gasteiger partial charge < -0.3 is 14.2 Å². The lowest BCUT2D eigenvalue weighted by Gasteiger charge is -2.21. The Kier molecular flexibility index (Phi) is 3.05. The summed E-state index contributed by atoms with van der Waals surface area (Å²) in [5.74, 6) is -0.813. The molecule has 4 heteroatoms. The summed E-state index contributed by atoms with van der Waals surface area (Å²) in [5.41, 5.74) is 0. The maximum atomic E-state index is 10.4. The van der Waals surface area contributed by atoms with Crippen molar-refractivity contribution in [1.29, 1.82) is 0 Å². The highest BCUT2D eigenvalue weighted by atomic mass is 16.7. The first kappa shape index (κ1) is 9.48. The van der Waals surface area contributed by atoms with E-state index in [1.165, 1.54) is 6.92 Å². The topological polar surface area (TPSA) is 44.8 Å². The van der Waals surface area contributed by atoms with Gasteiger partial charge in [-0.25, -0.2) is 0 Å². The molecule has 4 nitrogen and oxygen atoms in total. The third kappa shape index (κ3) is 2.79. The predicted molar refractivity (Wildman–Crippen MR) is 41.6 cm³/mol. The maximum absolute atomic E-state index is 10.4. The average Bonchev–Trinajstić information content (AvgIpc) is 2.35. The largest absolute Gasteiger partial charge is 0.466 e. The van der Waals surface area contributed by atoms with E-state index in [-0.39, 0.29) is 5.97 Å². The Labute approximate surface area is 71.8 Å². The summed E-state index contributed by atoms with van der Waals surface area (Å²) in [5, 5.41) is 0. The molecule has 0 aromatic heterocycles. The molecule has 1 aliphatic rings. The molecule has 0 N–H and O–H groups in total. The van der Waals surface area contributed by atoms with Crippen LogP contribution in [0.1, 0.15) is 20.3 Å². The second kappa shape index (κ2) is 3.87. The number of hydrogen-bond donors (Lipinski definition) is 0. The lowest BCUT2D eigenvalue weighted by molar-refractivity contribution is -0.162. The third-order valence-corrected chi connectivity index (χ3v) is 1.76. The molecule has 0 aliphatic carbocycles. The van der Waals surface area contributed by atoms with Gasteiger partial charge in [-0.2, -0.15) is 0 Å². The standard InChI is InChI=1S/C8H14O4/c1-7(9)10-4-3-8(2)11-5-6-12-8/h3-6H2,1-2H3. The minimum atomic E-state index is -0.546. The molecule has 1 aliphatic heterocycles. The second-order valence-electron chi connectivity index (χ2n) is 2.92. The summed E-state index contributed by atoms with van der Waals surface area (Å²) < 4.78 is 15.4. The van der Waals surface area contributed by atoms with Gasteiger partial charge in [0.05, 0.1) is 19.8 Å². The Hall–Kier alpha value is -0.610. The van der Waals surface area contributed by atoms with Gasteiger partial charge in [-0.1, -0.05) is 0 Å². The van der Waals surface area contributed by atoms with E-state index in [4.69, 9.17) is 14.2 Å². The minimum Gasteiger partial charge on any atom is -0.466 e. The molecule has 0 bridgehead atoms. The van der Waals surface area contributed by atoms with Crippen molar-refractivity contribution in [3.63, 3.8) is 0 Å². The molecule has 0 amide bonds. The molecule has 0 aromatic rings. The SMILES string of the molecule is CC(=O)OCCC1(C)OCCO1. The Morgan fingerprint density at radius 3 is 2.58 bits per heavy atom. The van der Waals surface area contributed by atoms with Crippen LogP contribution in [-0.4, -0.2) is 31.6 Å². The van der Waals surface area contributed by atoms with Crippen LogP contribution < -0.4 is 0 Å². The number of carbonyl (C=O) groups excluding carboxylic acids is 1. The summed E-state index contributed by atoms with van der Waals surface area (Å²) in [6.45, 7) is 4.83. The first-order valence-electron chi connectivity index (χ1n) is 4.04. The van der Waals surface area contributed by atoms with Gasteiger partial charge in [-0.05, 0) is 6.92 Å². The molecule has 12 heavy (non-hydrogen) atoms. The van der Waals surface area contributed by atoms with E-state index in [2.05, 4.69) is 0 Å². The van der Waals surface area contributed by atoms with E-state index >= 15 is 0 Å². The molecule has 0 unspecified atom stereocenters. The van der Waals surface area contributed by atoms with Crippen molar-refractivity contribution < 1.29 is 19.0 Å². The van der Waals surface area contributed by atoms with Crippen molar-refractivity contribution in [3.05, 3.63) is 0 Å². The minimum absolute atomic E-state index is 0.267. The van der Waals surface area contributed by atoms with Gasteiger partial charge in [0.1, 0.15) is 0 Å². The van der Waals surface area contributed by atoms with Gasteiger partial charge in [0.25, 0.3) is 0 Å². The molecule has 1 heterocycles. The summed E-state index contributed by atoms with van der Waals surface area (Å²) >= 11 is 0. The van der Waals surface area contributed by atoms with Crippen molar-refractivity contribution >= 4 is 5.97 Å². The summed E-state index contributed by atoms with van der Waals surface area (Å²) in [6, 6.07) is 0. The number of hydrogen-bond acceptors (Lipinski definition) is 4. The number of carbonyl (C=O) groups is 1. The molecule has 1 rings (SSSR count). The van der Waals surface area contributed by atoms with Crippen LogP contribution >= 0.6 is 0 Å². The van der Waals surface area contributed by atoms with Crippen molar-refractivity contribution in [2.75, 3.05) is 19.8 Å². The lowest BCUT2D eigenvalue weighted by atomic mass is 10.2. The van der Waals surface area contributed by atoms with Gasteiger partial charge in [0, 0.05) is 13.3 Å². The highest BCUT2D eigenvalue weighted by molar-refractivity contribution is 5.65. The van der Waals surface area contributed by atoms with Crippen LogP contribution in [0.3, 0.4) is 0 Å². The highest BCUT2D eigenvalue weighted by Gasteiger charge is 2.30. The average molecular weight is 174 g/mol. The Morgan fingerprint density at radius 1 is 1.50 bits per heavy atom. The van der Waals surface area contributed by atoms with Crippen LogP contribution in [0.2, 0.25) is 0 Å². The molecular weight excluding hydrogens is 160 g/mol. The highest BCUT2D eigenvalue weighted by Crippen LogP contribution is 2.22. The quantitative estimate of drug-likeness (QED) is 0.591. The smallest absolute Gasteiger partial charge is 0.302 e. The van der Waals surface area contributed by atoms with Crippen LogP contribution in [0.25, 0.3) is 0 Å². The first-order valence-corrected chi connectivity index (χ1v) is 4.04. The molecule has 0 spiro atoms. The van der Waals surface area contributed by atoms with Gasteiger partial charge in [0.2, 0.25) is 0 Å². The van der Waals surface area contributed by atoms with Crippen LogP contribution in [0.15, 0.2) is 0 Å². The van der Waals surface area contributed by atoms with Crippen LogP contribution in [-0.2, 0) is 19.0 Å². The summed E-state index contributed by atoms with van der Waals surface area (Å²) in [4.78, 5) is 10.4. The summed E-state index contributed by atoms with van der Waals surface area (Å²) in [6.07, 6.45) is 0.590. The van der Waals surface area contributed by atoms with Crippen LogP contribution in [0, 0.1) is 0 Å². The maximum Gasteiger partial charge on any atom is 0.302 e. The van der Waals surface area contributed by atoms with Gasteiger partial charge in [0.15, 0.2) is 5.79 Å². The molecule has 1 saturated heterocycles. The first-order chi connectivity index (χ1) is 5.62. The number of ether oxygens (including phenoxy) is 3. The van der Waals surface area contributed by atoms with Gasteiger partial charge in [-0.3, -0.25) is 4.79 Å². The molecule has 70 valence electrons. The van der Waals surface area contributed by atoms with E-state index < -0.39 is 5.79 Å². The monoisotopic (exact) mass is 174 g/mol. The van der Waals surface area contributed by atoms with Crippen LogP contribution in [0.4, 0.5) is 0 Å². The van der Waals surface area contributed by atoms with E-state index in [9.17, 15) is 4.79 Å². The van der Waals surface area contributed by atoms with Crippen molar-refractivity contribution in [2.45, 2.75) is 26.1 Å². The molecular formula is C8H14O4. The van der Waals surface area contributed by atoms with E-state index in [1.54, 1.807) is 0 Å². The van der Waals surface area contributed by atoms with Crippen molar-refractivity contribution in [1.82, 2.24) is 0 Å². The molecule has 1 fully saturated rings. The number of rotatable bonds is 3. The van der Waals surface area contributed by atoms with E-state index in [0.29, 0.717) is 26.2 Å². The Bertz CT molecular complexity index is 160. The second-order valence-corrected chi connectivity index (χ2v) is 2.92. The zero-order valence-corrected chi connectivity index (χ0v) is 7.46. The fraction of sp³-hybridized carbons (Fsp3) is 0.875. The van der Waals surface area contributed by atoms with Gasteiger partial charge >= 0.3 is 5.97 Å². The lowest BCUT2D eigenvalue weighted by Crippen LogP contribution is -2.27. The zero-order chi connectivity index (χ0) is 9.03. The van der Waals surface area contributed by atoms with Crippen LogP contribution in [0.5, 0.6) is 0 Å². The normalized spacial score (nSPS) is 20.8. The van der Waals surface area contributed by atoms with Gasteiger partial charge in [-0.15, -0.1) is 0 Å². The van der Waals surface area contributed by atoms with E-state index in [0.717, 1.165) is 0 Å². The fourth-order valence-corrected chi connectivity index (χ4v) is 1.08. The van der Waals surface area contributed by atoms with Crippen molar-refractivity contribution in [3.8, 4) is 0 Å². The molecule has 0 atom stereocenters. The molecule has 0 radical (unpaired) electrons. The van der Waals surface area contributed by atoms with Crippen molar-refractivity contribution in [2.24, 2.45) is 0 Å². The Balaban J connectivity index is 2.17. The summed E-state index contributed by atoms with van der Waals surface area (Å²) in [7, 11) is 0. The van der Waals surface area contributed by atoms with E-state index in [1.807, 2.05) is 6.92 Å². The predicted octanol–water partition coefficient (Wildman–Crippen LogP) is 0.703. The third-order valence-electron chi connectivity index (χ3n) is 1.76. The molecule has 0 saturated carbocycles.